The first-order valence-corrected chi connectivity index (χ1v) is 13.3. The number of rotatable bonds is 11. The Labute approximate surface area is 225 Å². The summed E-state index contributed by atoms with van der Waals surface area (Å²) in [5, 5.41) is 8.71. The van der Waals surface area contributed by atoms with E-state index in [-0.39, 0.29) is 29.5 Å². The van der Waals surface area contributed by atoms with E-state index in [0.717, 1.165) is 11.1 Å². The number of nitrogens with zero attached hydrogens (tertiary/aromatic N) is 2. The normalized spacial score (nSPS) is 17.6. The van der Waals surface area contributed by atoms with Crippen LogP contribution in [0, 0.1) is 11.7 Å². The molecule has 1 aliphatic rings. The molecule has 1 fully saturated rings. The third kappa shape index (κ3) is 8.10. The second-order valence-corrected chi connectivity index (χ2v) is 10.2. The maximum Gasteiger partial charge on any atom is 0.246 e. The molecule has 206 valence electrons. The summed E-state index contributed by atoms with van der Waals surface area (Å²) >= 11 is 0. The zero-order chi connectivity index (χ0) is 27.7. The SMILES string of the molecule is CN[C@@H](C)C(=O)N[C@H](C(=O)N1CCN(Cc2ccccc2)C[C@H]1C(=O)NCCc1cccc(F)c1)C(C)C. The summed E-state index contributed by atoms with van der Waals surface area (Å²) in [6.45, 7) is 7.84. The number of benzene rings is 2. The first kappa shape index (κ1) is 29.3. The van der Waals surface area contributed by atoms with Gasteiger partial charge in [0.2, 0.25) is 17.7 Å². The van der Waals surface area contributed by atoms with E-state index in [2.05, 4.69) is 20.9 Å². The molecule has 38 heavy (non-hydrogen) atoms. The van der Waals surface area contributed by atoms with E-state index in [1.54, 1.807) is 24.9 Å². The molecule has 1 aliphatic heterocycles. The molecule has 0 bridgehead atoms. The predicted octanol–water partition coefficient (Wildman–Crippen LogP) is 1.95. The summed E-state index contributed by atoms with van der Waals surface area (Å²) in [5.41, 5.74) is 1.92. The molecule has 3 N–H and O–H groups in total. The minimum Gasteiger partial charge on any atom is -0.354 e. The number of likely N-dealkylation sites (N-methyl/N-ethyl adjacent to an activating group) is 1. The van der Waals surface area contributed by atoms with Crippen molar-refractivity contribution in [1.82, 2.24) is 25.8 Å². The molecule has 0 aliphatic carbocycles. The summed E-state index contributed by atoms with van der Waals surface area (Å²) in [7, 11) is 1.69. The molecular formula is C29H40FN5O3. The second kappa shape index (κ2) is 14.0. The number of piperazine rings is 1. The zero-order valence-corrected chi connectivity index (χ0v) is 22.7. The van der Waals surface area contributed by atoms with Crippen molar-refractivity contribution in [3.05, 3.63) is 71.5 Å². The van der Waals surface area contributed by atoms with Crippen molar-refractivity contribution < 1.29 is 18.8 Å². The number of halogens is 1. The Morgan fingerprint density at radius 3 is 2.37 bits per heavy atom. The molecule has 0 saturated carbocycles. The van der Waals surface area contributed by atoms with Gasteiger partial charge >= 0.3 is 0 Å². The Morgan fingerprint density at radius 2 is 1.71 bits per heavy atom. The Morgan fingerprint density at radius 1 is 1.00 bits per heavy atom. The van der Waals surface area contributed by atoms with Gasteiger partial charge in [-0.3, -0.25) is 19.3 Å². The van der Waals surface area contributed by atoms with Gasteiger partial charge in [-0.2, -0.15) is 0 Å². The molecular weight excluding hydrogens is 485 g/mol. The van der Waals surface area contributed by atoms with E-state index in [4.69, 9.17) is 0 Å². The van der Waals surface area contributed by atoms with Crippen molar-refractivity contribution in [3.63, 3.8) is 0 Å². The van der Waals surface area contributed by atoms with Gasteiger partial charge in [0.05, 0.1) is 6.04 Å². The maximum absolute atomic E-state index is 13.7. The lowest BCUT2D eigenvalue weighted by Gasteiger charge is -2.42. The average Bonchev–Trinajstić information content (AvgIpc) is 2.91. The number of carbonyl (C=O) groups is 3. The molecule has 0 spiro atoms. The Balaban J connectivity index is 1.74. The monoisotopic (exact) mass is 525 g/mol. The summed E-state index contributed by atoms with van der Waals surface area (Å²) in [5.74, 6) is -1.26. The molecule has 8 nitrogen and oxygen atoms in total. The minimum absolute atomic E-state index is 0.158. The van der Waals surface area contributed by atoms with Gasteiger partial charge in [-0.05, 0) is 49.6 Å². The van der Waals surface area contributed by atoms with Gasteiger partial charge in [0.1, 0.15) is 17.9 Å². The second-order valence-electron chi connectivity index (χ2n) is 10.2. The predicted molar refractivity (Wildman–Crippen MR) is 146 cm³/mol. The molecule has 2 aromatic rings. The smallest absolute Gasteiger partial charge is 0.246 e. The van der Waals surface area contributed by atoms with E-state index in [9.17, 15) is 18.8 Å². The topological polar surface area (TPSA) is 93.8 Å². The van der Waals surface area contributed by atoms with Gasteiger partial charge in [0.15, 0.2) is 0 Å². The number of nitrogens with one attached hydrogen (secondary N) is 3. The van der Waals surface area contributed by atoms with Crippen LogP contribution < -0.4 is 16.0 Å². The zero-order valence-electron chi connectivity index (χ0n) is 22.7. The van der Waals surface area contributed by atoms with Crippen LogP contribution in [0.1, 0.15) is 31.9 Å². The van der Waals surface area contributed by atoms with Crippen molar-refractivity contribution in [2.75, 3.05) is 33.2 Å². The van der Waals surface area contributed by atoms with Crippen molar-refractivity contribution in [3.8, 4) is 0 Å². The average molecular weight is 526 g/mol. The lowest BCUT2D eigenvalue weighted by Crippen LogP contribution is -2.64. The Bertz CT molecular complexity index is 1080. The quantitative estimate of drug-likeness (QED) is 0.417. The molecule has 0 radical (unpaired) electrons. The molecule has 1 heterocycles. The van der Waals surface area contributed by atoms with E-state index >= 15 is 0 Å². The molecule has 1 saturated heterocycles. The van der Waals surface area contributed by atoms with Crippen molar-refractivity contribution in [2.45, 2.75) is 51.9 Å². The summed E-state index contributed by atoms with van der Waals surface area (Å²) in [4.78, 5) is 43.5. The molecule has 3 atom stereocenters. The molecule has 3 amide bonds. The molecule has 0 aromatic heterocycles. The third-order valence-corrected chi connectivity index (χ3v) is 6.96. The van der Waals surface area contributed by atoms with Gasteiger partial charge in [0, 0.05) is 32.7 Å². The van der Waals surface area contributed by atoms with E-state index in [0.29, 0.717) is 39.1 Å². The summed E-state index contributed by atoms with van der Waals surface area (Å²) in [6.07, 6.45) is 0.477. The standard InChI is InChI=1S/C29H40FN5O3/c1-20(2)26(33-27(36)21(3)31-4)29(38)35-16-15-34(18-23-9-6-5-7-10-23)19-25(35)28(37)32-14-13-22-11-8-12-24(30)17-22/h5-12,17,20-21,25-26,31H,13-16,18-19H2,1-4H3,(H,32,37)(H,33,36)/t21-,25-,26-/m0/s1. The van der Waals surface area contributed by atoms with Crippen LogP contribution in [0.3, 0.4) is 0 Å². The third-order valence-electron chi connectivity index (χ3n) is 6.96. The minimum atomic E-state index is -0.749. The van der Waals surface area contributed by atoms with Crippen LogP contribution in [-0.4, -0.2) is 78.9 Å². The highest BCUT2D eigenvalue weighted by atomic mass is 19.1. The number of hydrogen-bond donors (Lipinski definition) is 3. The van der Waals surface area contributed by atoms with Crippen LogP contribution in [-0.2, 0) is 27.3 Å². The first-order chi connectivity index (χ1) is 18.2. The molecule has 3 rings (SSSR count). The highest BCUT2D eigenvalue weighted by molar-refractivity contribution is 5.93. The summed E-state index contributed by atoms with van der Waals surface area (Å²) < 4.78 is 13.5. The van der Waals surface area contributed by atoms with E-state index < -0.39 is 18.1 Å². The number of amides is 3. The summed E-state index contributed by atoms with van der Waals surface area (Å²) in [6, 6.07) is 14.4. The molecule has 9 heteroatoms. The molecule has 2 aromatic carbocycles. The lowest BCUT2D eigenvalue weighted by atomic mass is 9.99. The number of hydrogen-bond acceptors (Lipinski definition) is 5. The fraction of sp³-hybridized carbons (Fsp3) is 0.483. The van der Waals surface area contributed by atoms with Crippen molar-refractivity contribution in [2.24, 2.45) is 5.92 Å². The fourth-order valence-corrected chi connectivity index (χ4v) is 4.55. The van der Waals surface area contributed by atoms with Crippen LogP contribution in [0.4, 0.5) is 4.39 Å². The van der Waals surface area contributed by atoms with E-state index in [1.807, 2.05) is 50.2 Å². The van der Waals surface area contributed by atoms with Crippen LogP contribution >= 0.6 is 0 Å². The van der Waals surface area contributed by atoms with Gasteiger partial charge in [0.25, 0.3) is 0 Å². The van der Waals surface area contributed by atoms with Crippen LogP contribution in [0.2, 0.25) is 0 Å². The van der Waals surface area contributed by atoms with Gasteiger partial charge in [-0.15, -0.1) is 0 Å². The lowest BCUT2D eigenvalue weighted by molar-refractivity contribution is -0.147. The highest BCUT2D eigenvalue weighted by Gasteiger charge is 2.39. The maximum atomic E-state index is 13.7. The Kier molecular flexibility index (Phi) is 10.8. The van der Waals surface area contributed by atoms with Crippen LogP contribution in [0.25, 0.3) is 0 Å². The van der Waals surface area contributed by atoms with Crippen LogP contribution in [0.15, 0.2) is 54.6 Å². The first-order valence-electron chi connectivity index (χ1n) is 13.3. The largest absolute Gasteiger partial charge is 0.354 e. The van der Waals surface area contributed by atoms with Gasteiger partial charge < -0.3 is 20.9 Å². The van der Waals surface area contributed by atoms with Crippen molar-refractivity contribution >= 4 is 17.7 Å². The fourth-order valence-electron chi connectivity index (χ4n) is 4.55. The Hall–Kier alpha value is -3.30. The highest BCUT2D eigenvalue weighted by Crippen LogP contribution is 2.17. The van der Waals surface area contributed by atoms with Crippen molar-refractivity contribution in [1.29, 1.82) is 0 Å². The van der Waals surface area contributed by atoms with Gasteiger partial charge in [-0.25, -0.2) is 4.39 Å². The van der Waals surface area contributed by atoms with E-state index in [1.165, 1.54) is 12.1 Å². The van der Waals surface area contributed by atoms with Crippen LogP contribution in [0.5, 0.6) is 0 Å². The molecule has 0 unspecified atom stereocenters. The van der Waals surface area contributed by atoms with Gasteiger partial charge in [-0.1, -0.05) is 56.3 Å². The number of carbonyl (C=O) groups excluding carboxylic acids is 3.